The van der Waals surface area contributed by atoms with E-state index in [2.05, 4.69) is 84.3 Å². The van der Waals surface area contributed by atoms with E-state index in [0.29, 0.717) is 39.0 Å². The fourth-order valence-electron chi connectivity index (χ4n) is 5.20. The summed E-state index contributed by atoms with van der Waals surface area (Å²) in [5, 5.41) is 1.24. The van der Waals surface area contributed by atoms with Gasteiger partial charge in [-0.3, -0.25) is 9.59 Å². The Hall–Kier alpha value is -3.97. The first-order valence-electron chi connectivity index (χ1n) is 13.1. The molecular weight excluding hydrogens is 492 g/mol. The number of hydrogen-bond acceptors (Lipinski definition) is 4. The summed E-state index contributed by atoms with van der Waals surface area (Å²) in [5.74, 6) is 0.193. The Kier molecular flexibility index (Phi) is 6.45. The molecule has 0 N–H and O–H groups in total. The predicted molar refractivity (Wildman–Crippen MR) is 153 cm³/mol. The van der Waals surface area contributed by atoms with Gasteiger partial charge in [0, 0.05) is 66.4 Å². The molecule has 192 valence electrons. The Bertz CT molecular complexity index is 1610. The SMILES string of the molecule is CC(=O)N1CCN(C(=O)CCc2c(-c3ccc(C)cc3)nc3ccc(-c4cc5ccccc5s4)cn23)CC1. The van der Waals surface area contributed by atoms with E-state index in [-0.39, 0.29) is 11.8 Å². The molecule has 2 aromatic carbocycles. The van der Waals surface area contributed by atoms with Gasteiger partial charge in [0.1, 0.15) is 5.65 Å². The number of rotatable bonds is 5. The lowest BCUT2D eigenvalue weighted by Gasteiger charge is -2.34. The maximum absolute atomic E-state index is 13.2. The van der Waals surface area contributed by atoms with Crippen LogP contribution in [0.1, 0.15) is 24.6 Å². The molecule has 0 spiro atoms. The van der Waals surface area contributed by atoms with Gasteiger partial charge in [-0.15, -0.1) is 11.3 Å². The first kappa shape index (κ1) is 24.4. The average molecular weight is 523 g/mol. The largest absolute Gasteiger partial charge is 0.339 e. The third-order valence-electron chi connectivity index (χ3n) is 7.41. The van der Waals surface area contributed by atoms with Crippen LogP contribution in [0.4, 0.5) is 0 Å². The molecule has 38 heavy (non-hydrogen) atoms. The van der Waals surface area contributed by atoms with Gasteiger partial charge in [-0.25, -0.2) is 4.98 Å². The molecule has 0 saturated carbocycles. The zero-order valence-electron chi connectivity index (χ0n) is 21.7. The number of imidazole rings is 1. The van der Waals surface area contributed by atoms with Crippen molar-refractivity contribution < 1.29 is 9.59 Å². The zero-order valence-corrected chi connectivity index (χ0v) is 22.5. The summed E-state index contributed by atoms with van der Waals surface area (Å²) in [6.07, 6.45) is 3.15. The summed E-state index contributed by atoms with van der Waals surface area (Å²) in [6.45, 7) is 6.05. The van der Waals surface area contributed by atoms with Crippen molar-refractivity contribution in [2.24, 2.45) is 0 Å². The van der Waals surface area contributed by atoms with Gasteiger partial charge < -0.3 is 14.2 Å². The van der Waals surface area contributed by atoms with Crippen molar-refractivity contribution in [2.75, 3.05) is 26.2 Å². The highest BCUT2D eigenvalue weighted by Crippen LogP contribution is 2.35. The Balaban J connectivity index is 1.33. The van der Waals surface area contributed by atoms with Crippen molar-refractivity contribution in [1.29, 1.82) is 0 Å². The molecule has 0 unspecified atom stereocenters. The fourth-order valence-corrected chi connectivity index (χ4v) is 6.25. The molecule has 4 heterocycles. The Morgan fingerprint density at radius 1 is 0.895 bits per heavy atom. The van der Waals surface area contributed by atoms with Crippen molar-refractivity contribution in [3.05, 3.63) is 84.2 Å². The number of fused-ring (bicyclic) bond motifs is 2. The highest BCUT2D eigenvalue weighted by Gasteiger charge is 2.23. The van der Waals surface area contributed by atoms with Gasteiger partial charge in [0.2, 0.25) is 11.8 Å². The van der Waals surface area contributed by atoms with Gasteiger partial charge in [0.25, 0.3) is 0 Å². The molecule has 2 amide bonds. The number of benzene rings is 2. The minimum atomic E-state index is 0.0695. The van der Waals surface area contributed by atoms with E-state index in [1.165, 1.54) is 20.5 Å². The van der Waals surface area contributed by atoms with Crippen molar-refractivity contribution >= 4 is 38.9 Å². The van der Waals surface area contributed by atoms with Crippen LogP contribution in [0, 0.1) is 6.92 Å². The summed E-state index contributed by atoms with van der Waals surface area (Å²) >= 11 is 1.79. The van der Waals surface area contributed by atoms with E-state index in [0.717, 1.165) is 28.2 Å². The second-order valence-electron chi connectivity index (χ2n) is 9.95. The van der Waals surface area contributed by atoms with Gasteiger partial charge in [0.05, 0.1) is 11.4 Å². The van der Waals surface area contributed by atoms with Crippen LogP contribution in [0.3, 0.4) is 0 Å². The van der Waals surface area contributed by atoms with Crippen LogP contribution in [0.2, 0.25) is 0 Å². The summed E-state index contributed by atoms with van der Waals surface area (Å²) in [7, 11) is 0. The molecule has 0 radical (unpaired) electrons. The first-order chi connectivity index (χ1) is 18.5. The summed E-state index contributed by atoms with van der Waals surface area (Å²) in [4.78, 5) is 34.8. The zero-order chi connectivity index (χ0) is 26.2. The van der Waals surface area contributed by atoms with Gasteiger partial charge in [-0.2, -0.15) is 0 Å². The number of thiophene rings is 1. The molecule has 1 fully saturated rings. The Labute approximate surface area is 226 Å². The quantitative estimate of drug-likeness (QED) is 0.293. The maximum atomic E-state index is 13.2. The maximum Gasteiger partial charge on any atom is 0.223 e. The van der Waals surface area contributed by atoms with Gasteiger partial charge in [-0.05, 0) is 43.0 Å². The van der Waals surface area contributed by atoms with Crippen LogP contribution >= 0.6 is 11.3 Å². The van der Waals surface area contributed by atoms with Gasteiger partial charge in [0.15, 0.2) is 0 Å². The van der Waals surface area contributed by atoms with E-state index in [4.69, 9.17) is 4.98 Å². The normalized spacial score (nSPS) is 13.9. The van der Waals surface area contributed by atoms with Crippen LogP contribution in [0.25, 0.3) is 37.4 Å². The highest BCUT2D eigenvalue weighted by molar-refractivity contribution is 7.22. The second-order valence-corrected chi connectivity index (χ2v) is 11.0. The summed E-state index contributed by atoms with van der Waals surface area (Å²) in [5.41, 5.74) is 6.24. The first-order valence-corrected chi connectivity index (χ1v) is 13.9. The highest BCUT2D eigenvalue weighted by atomic mass is 32.1. The fraction of sp³-hybridized carbons (Fsp3) is 0.258. The number of aromatic nitrogens is 2. The number of pyridine rings is 1. The number of aryl methyl sites for hydroxylation is 2. The standard InChI is InChI=1S/C31H30N4O2S/c1-21-7-9-23(10-8-21)31-26(12-14-30(37)34-17-15-33(16-18-34)22(2)36)35-20-25(11-13-29(35)32-31)28-19-24-5-3-4-6-27(24)38-28/h3-11,13,19-20H,12,14-18H2,1-2H3. The van der Waals surface area contributed by atoms with E-state index < -0.39 is 0 Å². The number of amides is 2. The Morgan fingerprint density at radius 3 is 2.34 bits per heavy atom. The van der Waals surface area contributed by atoms with E-state index in [9.17, 15) is 9.59 Å². The summed E-state index contributed by atoms with van der Waals surface area (Å²) in [6, 6.07) is 23.3. The second kappa shape index (κ2) is 10.1. The number of hydrogen-bond donors (Lipinski definition) is 0. The molecule has 6 rings (SSSR count). The van der Waals surface area contributed by atoms with Crippen molar-refractivity contribution in [2.45, 2.75) is 26.7 Å². The number of carbonyl (C=O) groups excluding carboxylic acids is 2. The van der Waals surface area contributed by atoms with E-state index in [1.807, 2.05) is 4.90 Å². The number of carbonyl (C=O) groups is 2. The number of nitrogens with zero attached hydrogens (tertiary/aromatic N) is 4. The lowest BCUT2D eigenvalue weighted by atomic mass is 10.1. The third kappa shape index (κ3) is 4.70. The molecular formula is C31H30N4O2S. The van der Waals surface area contributed by atoms with Crippen LogP contribution in [0.15, 0.2) is 72.9 Å². The third-order valence-corrected chi connectivity index (χ3v) is 8.57. The molecule has 6 nitrogen and oxygen atoms in total. The number of piperazine rings is 1. The monoisotopic (exact) mass is 522 g/mol. The molecule has 1 aliphatic heterocycles. The molecule has 0 atom stereocenters. The van der Waals surface area contributed by atoms with Crippen LogP contribution in [-0.4, -0.2) is 57.2 Å². The minimum Gasteiger partial charge on any atom is -0.339 e. The minimum absolute atomic E-state index is 0.0695. The molecule has 1 saturated heterocycles. The Morgan fingerprint density at radius 2 is 1.61 bits per heavy atom. The molecule has 7 heteroatoms. The van der Waals surface area contributed by atoms with Crippen molar-refractivity contribution in [3.8, 4) is 21.7 Å². The average Bonchev–Trinajstić information content (AvgIpc) is 3.53. The lowest BCUT2D eigenvalue weighted by molar-refractivity contribution is -0.138. The molecule has 5 aromatic rings. The molecule has 3 aromatic heterocycles. The molecule has 1 aliphatic rings. The van der Waals surface area contributed by atoms with Gasteiger partial charge in [-0.1, -0.05) is 48.0 Å². The van der Waals surface area contributed by atoms with E-state index in [1.54, 1.807) is 23.2 Å². The van der Waals surface area contributed by atoms with E-state index >= 15 is 0 Å². The topological polar surface area (TPSA) is 57.9 Å². The lowest BCUT2D eigenvalue weighted by Crippen LogP contribution is -2.50. The summed E-state index contributed by atoms with van der Waals surface area (Å²) < 4.78 is 3.43. The molecule has 0 aliphatic carbocycles. The van der Waals surface area contributed by atoms with Gasteiger partial charge >= 0.3 is 0 Å². The smallest absolute Gasteiger partial charge is 0.223 e. The van der Waals surface area contributed by atoms with Crippen LogP contribution < -0.4 is 0 Å². The predicted octanol–water partition coefficient (Wildman–Crippen LogP) is 5.81. The van der Waals surface area contributed by atoms with Crippen molar-refractivity contribution in [1.82, 2.24) is 19.2 Å². The van der Waals surface area contributed by atoms with Crippen LogP contribution in [0.5, 0.6) is 0 Å². The van der Waals surface area contributed by atoms with Crippen LogP contribution in [-0.2, 0) is 16.0 Å². The molecule has 0 bridgehead atoms. The van der Waals surface area contributed by atoms with Crippen molar-refractivity contribution in [3.63, 3.8) is 0 Å².